The van der Waals surface area contributed by atoms with Crippen LogP contribution in [0.1, 0.15) is 26.2 Å². The summed E-state index contributed by atoms with van der Waals surface area (Å²) in [6, 6.07) is 11.1. The SMILES string of the molecule is CC1CC(N)CCN1C(=O)CCN1CCN(c2ccccc2)CC1. The zero-order valence-electron chi connectivity index (χ0n) is 14.7. The number of rotatable bonds is 4. The smallest absolute Gasteiger partial charge is 0.224 e. The summed E-state index contributed by atoms with van der Waals surface area (Å²) in [7, 11) is 0. The van der Waals surface area contributed by atoms with Crippen LogP contribution in [-0.2, 0) is 4.79 Å². The van der Waals surface area contributed by atoms with Crippen molar-refractivity contribution in [2.24, 2.45) is 5.73 Å². The van der Waals surface area contributed by atoms with E-state index in [4.69, 9.17) is 5.73 Å². The molecule has 5 nitrogen and oxygen atoms in total. The number of amides is 1. The molecule has 0 radical (unpaired) electrons. The third-order valence-electron chi connectivity index (χ3n) is 5.37. The highest BCUT2D eigenvalue weighted by Gasteiger charge is 2.27. The predicted octanol–water partition coefficient (Wildman–Crippen LogP) is 1.54. The van der Waals surface area contributed by atoms with Gasteiger partial charge in [0.15, 0.2) is 0 Å². The number of piperazine rings is 1. The molecule has 1 aromatic carbocycles. The van der Waals surface area contributed by atoms with Gasteiger partial charge in [0.05, 0.1) is 0 Å². The number of para-hydroxylation sites is 1. The van der Waals surface area contributed by atoms with Crippen molar-refractivity contribution in [2.45, 2.75) is 38.3 Å². The zero-order valence-corrected chi connectivity index (χ0v) is 14.7. The molecule has 2 unspecified atom stereocenters. The lowest BCUT2D eigenvalue weighted by molar-refractivity contribution is -0.135. The fourth-order valence-corrected chi connectivity index (χ4v) is 3.84. The number of anilines is 1. The molecule has 132 valence electrons. The molecule has 0 aromatic heterocycles. The van der Waals surface area contributed by atoms with Gasteiger partial charge >= 0.3 is 0 Å². The van der Waals surface area contributed by atoms with Gasteiger partial charge in [-0.1, -0.05) is 18.2 Å². The third kappa shape index (κ3) is 4.28. The minimum absolute atomic E-state index is 0.259. The molecule has 5 heteroatoms. The van der Waals surface area contributed by atoms with Crippen molar-refractivity contribution >= 4 is 11.6 Å². The summed E-state index contributed by atoms with van der Waals surface area (Å²) in [6.07, 6.45) is 2.50. The van der Waals surface area contributed by atoms with Gasteiger partial charge in [-0.25, -0.2) is 0 Å². The van der Waals surface area contributed by atoms with Crippen LogP contribution in [0.3, 0.4) is 0 Å². The van der Waals surface area contributed by atoms with E-state index in [2.05, 4.69) is 47.1 Å². The van der Waals surface area contributed by atoms with Crippen LogP contribution in [-0.4, -0.2) is 67.1 Å². The summed E-state index contributed by atoms with van der Waals surface area (Å²) in [5.74, 6) is 0.292. The number of hydrogen-bond donors (Lipinski definition) is 1. The summed E-state index contributed by atoms with van der Waals surface area (Å²) in [4.78, 5) is 19.4. The van der Waals surface area contributed by atoms with Gasteiger partial charge in [0.25, 0.3) is 0 Å². The van der Waals surface area contributed by atoms with Crippen LogP contribution >= 0.6 is 0 Å². The van der Waals surface area contributed by atoms with Crippen LogP contribution in [0, 0.1) is 0 Å². The molecule has 2 N–H and O–H groups in total. The molecular weight excluding hydrogens is 300 g/mol. The van der Waals surface area contributed by atoms with Gasteiger partial charge in [-0.3, -0.25) is 9.69 Å². The maximum Gasteiger partial charge on any atom is 0.224 e. The summed E-state index contributed by atoms with van der Waals surface area (Å²) in [6.45, 7) is 7.95. The lowest BCUT2D eigenvalue weighted by Gasteiger charge is -2.38. The first-order chi connectivity index (χ1) is 11.6. The average molecular weight is 330 g/mol. The molecule has 1 amide bonds. The molecule has 2 saturated heterocycles. The molecule has 3 rings (SSSR count). The van der Waals surface area contributed by atoms with Crippen molar-refractivity contribution in [1.82, 2.24) is 9.80 Å². The highest BCUT2D eigenvalue weighted by molar-refractivity contribution is 5.76. The molecule has 2 heterocycles. The molecule has 24 heavy (non-hydrogen) atoms. The standard InChI is InChI=1S/C19H30N4O/c1-16-15-17(20)7-10-23(16)19(24)8-9-21-11-13-22(14-12-21)18-5-3-2-4-6-18/h2-6,16-17H,7-15,20H2,1H3. The molecule has 1 aromatic rings. The van der Waals surface area contributed by atoms with Gasteiger partial charge in [0.1, 0.15) is 0 Å². The topological polar surface area (TPSA) is 52.8 Å². The van der Waals surface area contributed by atoms with Gasteiger partial charge in [-0.05, 0) is 31.9 Å². The van der Waals surface area contributed by atoms with E-state index in [1.54, 1.807) is 0 Å². The zero-order chi connectivity index (χ0) is 16.9. The normalized spacial score (nSPS) is 25.8. The third-order valence-corrected chi connectivity index (χ3v) is 5.37. The summed E-state index contributed by atoms with van der Waals surface area (Å²) in [5, 5.41) is 0. The van der Waals surface area contributed by atoms with Crippen LogP contribution < -0.4 is 10.6 Å². The number of benzene rings is 1. The van der Waals surface area contributed by atoms with Crippen LogP contribution in [0.25, 0.3) is 0 Å². The van der Waals surface area contributed by atoms with Crippen LogP contribution in [0.2, 0.25) is 0 Å². The number of likely N-dealkylation sites (tertiary alicyclic amines) is 1. The first-order valence-corrected chi connectivity index (χ1v) is 9.21. The maximum atomic E-state index is 12.5. The molecule has 2 atom stereocenters. The second kappa shape index (κ2) is 7.99. The van der Waals surface area contributed by atoms with Gasteiger partial charge in [0.2, 0.25) is 5.91 Å². The Morgan fingerprint density at radius 2 is 1.83 bits per heavy atom. The number of hydrogen-bond acceptors (Lipinski definition) is 4. The van der Waals surface area contributed by atoms with Crippen LogP contribution in [0.4, 0.5) is 5.69 Å². The Balaban J connectivity index is 1.41. The largest absolute Gasteiger partial charge is 0.369 e. The monoisotopic (exact) mass is 330 g/mol. The summed E-state index contributed by atoms with van der Waals surface area (Å²) in [5.41, 5.74) is 7.29. The van der Waals surface area contributed by atoms with Gasteiger partial charge in [-0.15, -0.1) is 0 Å². The first-order valence-electron chi connectivity index (χ1n) is 9.21. The van der Waals surface area contributed by atoms with E-state index in [0.717, 1.165) is 52.1 Å². The van der Waals surface area contributed by atoms with Crippen molar-refractivity contribution in [3.05, 3.63) is 30.3 Å². The van der Waals surface area contributed by atoms with E-state index in [1.165, 1.54) is 5.69 Å². The molecule has 2 aliphatic rings. The van der Waals surface area contributed by atoms with Crippen molar-refractivity contribution in [2.75, 3.05) is 44.2 Å². The van der Waals surface area contributed by atoms with Gasteiger partial charge < -0.3 is 15.5 Å². The lowest BCUT2D eigenvalue weighted by Crippen LogP contribution is -2.50. The van der Waals surface area contributed by atoms with Crippen molar-refractivity contribution in [1.29, 1.82) is 0 Å². The quantitative estimate of drug-likeness (QED) is 0.910. The Kier molecular flexibility index (Phi) is 5.74. The van der Waals surface area contributed by atoms with Crippen molar-refractivity contribution < 1.29 is 4.79 Å². The van der Waals surface area contributed by atoms with Gasteiger partial charge in [-0.2, -0.15) is 0 Å². The number of nitrogens with zero attached hydrogens (tertiary/aromatic N) is 3. The predicted molar refractivity (Wildman–Crippen MR) is 98.1 cm³/mol. The second-order valence-corrected chi connectivity index (χ2v) is 7.13. The minimum Gasteiger partial charge on any atom is -0.369 e. The van der Waals surface area contributed by atoms with Crippen LogP contribution in [0.5, 0.6) is 0 Å². The molecule has 0 aliphatic carbocycles. The van der Waals surface area contributed by atoms with Crippen molar-refractivity contribution in [3.63, 3.8) is 0 Å². The van der Waals surface area contributed by atoms with E-state index < -0.39 is 0 Å². The van der Waals surface area contributed by atoms with E-state index in [1.807, 2.05) is 4.90 Å². The molecule has 2 aliphatic heterocycles. The fraction of sp³-hybridized carbons (Fsp3) is 0.632. The Morgan fingerprint density at radius 3 is 2.50 bits per heavy atom. The molecule has 0 saturated carbocycles. The number of piperidine rings is 1. The molecule has 0 spiro atoms. The van der Waals surface area contributed by atoms with Crippen LogP contribution in [0.15, 0.2) is 30.3 Å². The molecule has 2 fully saturated rings. The van der Waals surface area contributed by atoms with Crippen molar-refractivity contribution in [3.8, 4) is 0 Å². The number of carbonyl (C=O) groups excluding carboxylic acids is 1. The summed E-state index contributed by atoms with van der Waals surface area (Å²) < 4.78 is 0. The van der Waals surface area contributed by atoms with Gasteiger partial charge in [0, 0.05) is 63.5 Å². The molecule has 0 bridgehead atoms. The Morgan fingerprint density at radius 1 is 1.12 bits per heavy atom. The fourth-order valence-electron chi connectivity index (χ4n) is 3.84. The van der Waals surface area contributed by atoms with E-state index >= 15 is 0 Å². The summed E-state index contributed by atoms with van der Waals surface area (Å²) >= 11 is 0. The Labute approximate surface area is 145 Å². The lowest BCUT2D eigenvalue weighted by atomic mass is 9.99. The maximum absolute atomic E-state index is 12.5. The number of nitrogens with two attached hydrogens (primary N) is 1. The highest BCUT2D eigenvalue weighted by atomic mass is 16.2. The first kappa shape index (κ1) is 17.2. The minimum atomic E-state index is 0.259. The molecular formula is C19H30N4O. The Hall–Kier alpha value is -1.59. The highest BCUT2D eigenvalue weighted by Crippen LogP contribution is 2.18. The van der Waals surface area contributed by atoms with E-state index in [0.29, 0.717) is 12.3 Å². The Bertz CT molecular complexity index is 527. The van der Waals surface area contributed by atoms with E-state index in [-0.39, 0.29) is 12.1 Å². The second-order valence-electron chi connectivity index (χ2n) is 7.13. The number of carbonyl (C=O) groups is 1. The average Bonchev–Trinajstić information content (AvgIpc) is 2.61. The van der Waals surface area contributed by atoms with E-state index in [9.17, 15) is 4.79 Å².